The van der Waals surface area contributed by atoms with Gasteiger partial charge in [-0.1, -0.05) is 20.8 Å². The van der Waals surface area contributed by atoms with Crippen molar-refractivity contribution in [3.63, 3.8) is 0 Å². The molecule has 1 aliphatic heterocycles. The predicted molar refractivity (Wildman–Crippen MR) is 76.5 cm³/mol. The van der Waals surface area contributed by atoms with Crippen LogP contribution in [0.2, 0.25) is 0 Å². The van der Waals surface area contributed by atoms with Crippen molar-refractivity contribution in [3.8, 4) is 0 Å². The second-order valence-electron chi connectivity index (χ2n) is 5.97. The first-order valence-electron chi connectivity index (χ1n) is 7.62. The first-order chi connectivity index (χ1) is 8.63. The molecule has 3 heteroatoms. The van der Waals surface area contributed by atoms with Gasteiger partial charge in [-0.15, -0.1) is 0 Å². The smallest absolute Gasteiger partial charge is 0.222 e. The molecule has 1 amide bonds. The van der Waals surface area contributed by atoms with Gasteiger partial charge in [0.25, 0.3) is 0 Å². The molecule has 0 unspecified atom stereocenters. The summed E-state index contributed by atoms with van der Waals surface area (Å²) in [4.78, 5) is 14.3. The van der Waals surface area contributed by atoms with Gasteiger partial charge in [-0.05, 0) is 50.6 Å². The standard InChI is InChI=1S/C15H30N2O/c1-4-11-17(15(18)6-5-13(2)3)12-14-7-9-16-10-8-14/h13-14,16H,4-12H2,1-3H3. The molecular weight excluding hydrogens is 224 g/mol. The van der Waals surface area contributed by atoms with Crippen LogP contribution in [0.15, 0.2) is 0 Å². The van der Waals surface area contributed by atoms with Gasteiger partial charge < -0.3 is 10.2 Å². The Bertz CT molecular complexity index is 235. The first kappa shape index (κ1) is 15.5. The van der Waals surface area contributed by atoms with Crippen molar-refractivity contribution in [1.82, 2.24) is 10.2 Å². The molecule has 0 saturated carbocycles. The maximum absolute atomic E-state index is 12.2. The SMILES string of the molecule is CCCN(CC1CCNCC1)C(=O)CCC(C)C. The number of carbonyl (C=O) groups is 1. The number of amides is 1. The van der Waals surface area contributed by atoms with Crippen LogP contribution >= 0.6 is 0 Å². The topological polar surface area (TPSA) is 32.3 Å². The molecule has 0 aliphatic carbocycles. The summed E-state index contributed by atoms with van der Waals surface area (Å²) in [6.07, 6.45) is 5.25. The van der Waals surface area contributed by atoms with Crippen LogP contribution in [0.4, 0.5) is 0 Å². The van der Waals surface area contributed by atoms with Crippen molar-refractivity contribution in [1.29, 1.82) is 0 Å². The van der Waals surface area contributed by atoms with E-state index in [0.717, 1.165) is 45.4 Å². The van der Waals surface area contributed by atoms with E-state index in [9.17, 15) is 4.79 Å². The molecule has 106 valence electrons. The molecule has 0 bridgehead atoms. The molecule has 3 nitrogen and oxygen atoms in total. The molecular formula is C15H30N2O. The Kier molecular flexibility index (Phi) is 7.33. The number of piperidine rings is 1. The van der Waals surface area contributed by atoms with E-state index in [4.69, 9.17) is 0 Å². The van der Waals surface area contributed by atoms with Gasteiger partial charge in [0.1, 0.15) is 0 Å². The lowest BCUT2D eigenvalue weighted by Crippen LogP contribution is -2.39. The van der Waals surface area contributed by atoms with Crippen LogP contribution in [0.5, 0.6) is 0 Å². The number of hydrogen-bond acceptors (Lipinski definition) is 2. The second kappa shape index (κ2) is 8.52. The van der Waals surface area contributed by atoms with Crippen molar-refractivity contribution in [2.45, 2.75) is 52.9 Å². The number of carbonyl (C=O) groups excluding carboxylic acids is 1. The number of rotatable bonds is 7. The monoisotopic (exact) mass is 254 g/mol. The molecule has 0 aromatic carbocycles. The fourth-order valence-electron chi connectivity index (χ4n) is 2.53. The average Bonchev–Trinajstić information content (AvgIpc) is 2.36. The zero-order valence-electron chi connectivity index (χ0n) is 12.4. The van der Waals surface area contributed by atoms with Crippen LogP contribution in [0.3, 0.4) is 0 Å². The Hall–Kier alpha value is -0.570. The van der Waals surface area contributed by atoms with Gasteiger partial charge in [0.2, 0.25) is 5.91 Å². The van der Waals surface area contributed by atoms with Gasteiger partial charge in [-0.3, -0.25) is 4.79 Å². The van der Waals surface area contributed by atoms with Crippen LogP contribution in [-0.2, 0) is 4.79 Å². The van der Waals surface area contributed by atoms with Crippen LogP contribution in [0, 0.1) is 11.8 Å². The van der Waals surface area contributed by atoms with Crippen molar-refractivity contribution < 1.29 is 4.79 Å². The van der Waals surface area contributed by atoms with E-state index in [0.29, 0.717) is 17.7 Å². The lowest BCUT2D eigenvalue weighted by molar-refractivity contribution is -0.132. The van der Waals surface area contributed by atoms with E-state index in [-0.39, 0.29) is 0 Å². The zero-order chi connectivity index (χ0) is 13.4. The van der Waals surface area contributed by atoms with Crippen LogP contribution in [0.25, 0.3) is 0 Å². The Morgan fingerprint density at radius 1 is 1.33 bits per heavy atom. The predicted octanol–water partition coefficient (Wildman–Crippen LogP) is 2.66. The zero-order valence-corrected chi connectivity index (χ0v) is 12.4. The quantitative estimate of drug-likeness (QED) is 0.757. The lowest BCUT2D eigenvalue weighted by atomic mass is 9.97. The third-order valence-corrected chi connectivity index (χ3v) is 3.72. The highest BCUT2D eigenvalue weighted by Gasteiger charge is 2.20. The highest BCUT2D eigenvalue weighted by molar-refractivity contribution is 5.76. The van der Waals surface area contributed by atoms with Crippen molar-refractivity contribution in [2.24, 2.45) is 11.8 Å². The highest BCUT2D eigenvalue weighted by Crippen LogP contribution is 2.15. The van der Waals surface area contributed by atoms with Crippen molar-refractivity contribution >= 4 is 5.91 Å². The Labute approximate surface area is 112 Å². The summed E-state index contributed by atoms with van der Waals surface area (Å²) in [5.74, 6) is 1.70. The molecule has 1 fully saturated rings. The van der Waals surface area contributed by atoms with Crippen molar-refractivity contribution in [3.05, 3.63) is 0 Å². The molecule has 0 spiro atoms. The Morgan fingerprint density at radius 2 is 2.00 bits per heavy atom. The van der Waals surface area contributed by atoms with E-state index >= 15 is 0 Å². The highest BCUT2D eigenvalue weighted by atomic mass is 16.2. The summed E-state index contributed by atoms with van der Waals surface area (Å²) in [6, 6.07) is 0. The van der Waals surface area contributed by atoms with Gasteiger partial charge in [0.05, 0.1) is 0 Å². The largest absolute Gasteiger partial charge is 0.342 e. The summed E-state index contributed by atoms with van der Waals surface area (Å²) < 4.78 is 0. The van der Waals surface area contributed by atoms with Crippen molar-refractivity contribution in [2.75, 3.05) is 26.2 Å². The molecule has 1 saturated heterocycles. The summed E-state index contributed by atoms with van der Waals surface area (Å²) in [7, 11) is 0. The molecule has 1 N–H and O–H groups in total. The maximum Gasteiger partial charge on any atom is 0.222 e. The van der Waals surface area contributed by atoms with Gasteiger partial charge in [0.15, 0.2) is 0 Å². The number of hydrogen-bond donors (Lipinski definition) is 1. The van der Waals surface area contributed by atoms with Gasteiger partial charge in [-0.25, -0.2) is 0 Å². The third-order valence-electron chi connectivity index (χ3n) is 3.72. The molecule has 1 aliphatic rings. The van der Waals surface area contributed by atoms with E-state index in [1.165, 1.54) is 12.8 Å². The molecule has 0 radical (unpaired) electrons. The molecule has 1 heterocycles. The average molecular weight is 254 g/mol. The van der Waals surface area contributed by atoms with Crippen LogP contribution in [-0.4, -0.2) is 37.0 Å². The van der Waals surface area contributed by atoms with E-state index in [1.807, 2.05) is 0 Å². The Balaban J connectivity index is 2.39. The van der Waals surface area contributed by atoms with Gasteiger partial charge in [-0.2, -0.15) is 0 Å². The fourth-order valence-corrected chi connectivity index (χ4v) is 2.53. The molecule has 0 atom stereocenters. The van der Waals surface area contributed by atoms with E-state index < -0.39 is 0 Å². The first-order valence-corrected chi connectivity index (χ1v) is 7.62. The number of nitrogens with one attached hydrogen (secondary N) is 1. The Morgan fingerprint density at radius 3 is 2.56 bits per heavy atom. The minimum atomic E-state index is 0.365. The third kappa shape index (κ3) is 5.85. The van der Waals surface area contributed by atoms with Gasteiger partial charge in [0, 0.05) is 19.5 Å². The summed E-state index contributed by atoms with van der Waals surface area (Å²) in [5.41, 5.74) is 0. The molecule has 0 aromatic rings. The minimum absolute atomic E-state index is 0.365. The van der Waals surface area contributed by atoms with Crippen LogP contribution in [0.1, 0.15) is 52.9 Å². The number of nitrogens with zero attached hydrogens (tertiary/aromatic N) is 1. The summed E-state index contributed by atoms with van der Waals surface area (Å²) >= 11 is 0. The van der Waals surface area contributed by atoms with E-state index in [2.05, 4.69) is 31.0 Å². The normalized spacial score (nSPS) is 17.1. The lowest BCUT2D eigenvalue weighted by Gasteiger charge is -2.30. The molecule has 18 heavy (non-hydrogen) atoms. The second-order valence-corrected chi connectivity index (χ2v) is 5.97. The minimum Gasteiger partial charge on any atom is -0.342 e. The fraction of sp³-hybridized carbons (Fsp3) is 0.933. The van der Waals surface area contributed by atoms with E-state index in [1.54, 1.807) is 0 Å². The molecule has 0 aromatic heterocycles. The summed E-state index contributed by atoms with van der Waals surface area (Å²) in [5, 5.41) is 3.39. The molecule has 1 rings (SSSR count). The maximum atomic E-state index is 12.2. The summed E-state index contributed by atoms with van der Waals surface area (Å²) in [6.45, 7) is 10.7. The van der Waals surface area contributed by atoms with Gasteiger partial charge >= 0.3 is 0 Å². The van der Waals surface area contributed by atoms with Crippen LogP contribution < -0.4 is 5.32 Å².